The van der Waals surface area contributed by atoms with E-state index in [-0.39, 0.29) is 12.5 Å². The molecule has 0 aliphatic rings. The molecule has 26 heavy (non-hydrogen) atoms. The monoisotopic (exact) mass is 482 g/mol. The third-order valence-electron chi connectivity index (χ3n) is 3.26. The standard InChI is InChI=1S/C19H20Br2N2O3/c1-3-8-25-17-7-5-4-6-14(17)11-22-23-18(24)12-26-19-15(20)9-13(2)10-16(19)21/h4-7,9-11H,3,8,12H2,1-2H3,(H,23,24)/b22-11-. The van der Waals surface area contributed by atoms with Gasteiger partial charge in [0.2, 0.25) is 0 Å². The summed E-state index contributed by atoms with van der Waals surface area (Å²) in [6.07, 6.45) is 2.48. The number of hydrogen-bond donors (Lipinski definition) is 1. The zero-order valence-corrected chi connectivity index (χ0v) is 17.8. The Hall–Kier alpha value is -1.86. The number of aryl methyl sites for hydroxylation is 1. The van der Waals surface area contributed by atoms with E-state index in [9.17, 15) is 4.79 Å². The predicted molar refractivity (Wildman–Crippen MR) is 110 cm³/mol. The van der Waals surface area contributed by atoms with Crippen molar-refractivity contribution in [3.8, 4) is 11.5 Å². The minimum Gasteiger partial charge on any atom is -0.493 e. The van der Waals surface area contributed by atoms with E-state index in [1.807, 2.05) is 50.2 Å². The number of benzene rings is 2. The number of carbonyl (C=O) groups excluding carboxylic acids is 1. The lowest BCUT2D eigenvalue weighted by Crippen LogP contribution is -2.24. The third kappa shape index (κ3) is 6.14. The van der Waals surface area contributed by atoms with Crippen LogP contribution in [-0.4, -0.2) is 25.3 Å². The van der Waals surface area contributed by atoms with Gasteiger partial charge in [-0.3, -0.25) is 4.79 Å². The van der Waals surface area contributed by atoms with Crippen molar-refractivity contribution in [2.45, 2.75) is 20.3 Å². The van der Waals surface area contributed by atoms with Gasteiger partial charge >= 0.3 is 0 Å². The van der Waals surface area contributed by atoms with Crippen molar-refractivity contribution < 1.29 is 14.3 Å². The maximum absolute atomic E-state index is 11.9. The van der Waals surface area contributed by atoms with Crippen molar-refractivity contribution in [2.24, 2.45) is 5.10 Å². The summed E-state index contributed by atoms with van der Waals surface area (Å²) in [6.45, 7) is 4.50. The number of halogens is 2. The average molecular weight is 484 g/mol. The van der Waals surface area contributed by atoms with Crippen LogP contribution in [0.3, 0.4) is 0 Å². The van der Waals surface area contributed by atoms with Crippen LogP contribution in [0.1, 0.15) is 24.5 Å². The molecule has 5 nitrogen and oxygen atoms in total. The van der Waals surface area contributed by atoms with Crippen LogP contribution >= 0.6 is 31.9 Å². The molecule has 0 aliphatic heterocycles. The van der Waals surface area contributed by atoms with E-state index in [0.29, 0.717) is 12.4 Å². The SMILES string of the molecule is CCCOc1ccccc1/C=N\NC(=O)COc1c(Br)cc(C)cc1Br. The van der Waals surface area contributed by atoms with Gasteiger partial charge in [0.05, 0.1) is 21.8 Å². The molecule has 7 heteroatoms. The summed E-state index contributed by atoms with van der Waals surface area (Å²) in [7, 11) is 0. The van der Waals surface area contributed by atoms with E-state index >= 15 is 0 Å². The van der Waals surface area contributed by atoms with Gasteiger partial charge < -0.3 is 9.47 Å². The molecule has 0 aromatic heterocycles. The van der Waals surface area contributed by atoms with Crippen LogP contribution in [0.2, 0.25) is 0 Å². The van der Waals surface area contributed by atoms with Crippen LogP contribution in [0, 0.1) is 6.92 Å². The first kappa shape index (κ1) is 20.5. The smallest absolute Gasteiger partial charge is 0.277 e. The zero-order chi connectivity index (χ0) is 18.9. The van der Waals surface area contributed by atoms with Crippen LogP contribution < -0.4 is 14.9 Å². The first-order valence-electron chi connectivity index (χ1n) is 8.13. The van der Waals surface area contributed by atoms with Gasteiger partial charge in [0.1, 0.15) is 11.5 Å². The number of hydrogen-bond acceptors (Lipinski definition) is 4. The number of carbonyl (C=O) groups is 1. The third-order valence-corrected chi connectivity index (χ3v) is 4.44. The van der Waals surface area contributed by atoms with Crippen molar-refractivity contribution in [1.29, 1.82) is 0 Å². The Balaban J connectivity index is 1.90. The van der Waals surface area contributed by atoms with Gasteiger partial charge in [0, 0.05) is 5.56 Å². The van der Waals surface area contributed by atoms with Crippen LogP contribution in [0.15, 0.2) is 50.4 Å². The highest BCUT2D eigenvalue weighted by Crippen LogP contribution is 2.34. The van der Waals surface area contributed by atoms with Gasteiger partial charge in [-0.25, -0.2) is 5.43 Å². The molecular formula is C19H20Br2N2O3. The van der Waals surface area contributed by atoms with E-state index in [2.05, 4.69) is 42.4 Å². The quantitative estimate of drug-likeness (QED) is 0.431. The summed E-state index contributed by atoms with van der Waals surface area (Å²) in [5.41, 5.74) is 4.33. The fourth-order valence-corrected chi connectivity index (χ4v) is 3.74. The molecule has 1 N–H and O–H groups in total. The van der Waals surface area contributed by atoms with Crippen LogP contribution in [0.25, 0.3) is 0 Å². The molecule has 0 unspecified atom stereocenters. The maximum atomic E-state index is 11.9. The highest BCUT2D eigenvalue weighted by Gasteiger charge is 2.10. The second kappa shape index (κ2) is 10.3. The van der Waals surface area contributed by atoms with Gasteiger partial charge in [-0.05, 0) is 75.0 Å². The van der Waals surface area contributed by atoms with Crippen LogP contribution in [0.4, 0.5) is 0 Å². The number of nitrogens with one attached hydrogen (secondary N) is 1. The Morgan fingerprint density at radius 3 is 2.58 bits per heavy atom. The van der Waals surface area contributed by atoms with Gasteiger partial charge in [-0.2, -0.15) is 5.10 Å². The molecule has 0 heterocycles. The largest absolute Gasteiger partial charge is 0.493 e. The Morgan fingerprint density at radius 2 is 1.88 bits per heavy atom. The molecule has 2 aromatic rings. The molecule has 0 aliphatic carbocycles. The molecule has 0 fully saturated rings. The molecule has 0 spiro atoms. The predicted octanol–water partition coefficient (Wildman–Crippen LogP) is 4.84. The van der Waals surface area contributed by atoms with Crippen molar-refractivity contribution in [2.75, 3.05) is 13.2 Å². The highest BCUT2D eigenvalue weighted by molar-refractivity contribution is 9.11. The zero-order valence-electron chi connectivity index (χ0n) is 14.6. The second-order valence-corrected chi connectivity index (χ2v) is 7.23. The minimum atomic E-state index is -0.354. The molecule has 0 saturated carbocycles. The number of amides is 1. The fraction of sp³-hybridized carbons (Fsp3) is 0.263. The molecule has 0 radical (unpaired) electrons. The lowest BCUT2D eigenvalue weighted by atomic mass is 10.2. The topological polar surface area (TPSA) is 59.9 Å². The lowest BCUT2D eigenvalue weighted by molar-refractivity contribution is -0.123. The fourth-order valence-electron chi connectivity index (χ4n) is 2.10. The molecule has 138 valence electrons. The van der Waals surface area contributed by atoms with E-state index in [0.717, 1.165) is 32.2 Å². The Morgan fingerprint density at radius 1 is 1.19 bits per heavy atom. The first-order valence-corrected chi connectivity index (χ1v) is 9.72. The van der Waals surface area contributed by atoms with E-state index < -0.39 is 0 Å². The molecule has 0 saturated heterocycles. The van der Waals surface area contributed by atoms with Gasteiger partial charge in [0.15, 0.2) is 6.61 Å². The van der Waals surface area contributed by atoms with Gasteiger partial charge in [-0.1, -0.05) is 19.1 Å². The lowest BCUT2D eigenvalue weighted by Gasteiger charge is -2.10. The van der Waals surface area contributed by atoms with Gasteiger partial charge in [-0.15, -0.1) is 0 Å². The summed E-state index contributed by atoms with van der Waals surface area (Å²) >= 11 is 6.86. The summed E-state index contributed by atoms with van der Waals surface area (Å²) in [6, 6.07) is 11.4. The summed E-state index contributed by atoms with van der Waals surface area (Å²) < 4.78 is 12.8. The minimum absolute atomic E-state index is 0.147. The van der Waals surface area contributed by atoms with E-state index in [1.54, 1.807) is 6.21 Å². The second-order valence-electron chi connectivity index (χ2n) is 5.53. The maximum Gasteiger partial charge on any atom is 0.277 e. The van der Waals surface area contributed by atoms with Crippen LogP contribution in [-0.2, 0) is 4.79 Å². The summed E-state index contributed by atoms with van der Waals surface area (Å²) in [5, 5.41) is 3.97. The van der Waals surface area contributed by atoms with Crippen molar-refractivity contribution in [1.82, 2.24) is 5.43 Å². The Bertz CT molecular complexity index is 771. The van der Waals surface area contributed by atoms with E-state index in [1.165, 1.54) is 0 Å². The van der Waals surface area contributed by atoms with Crippen molar-refractivity contribution in [3.05, 3.63) is 56.5 Å². The number of hydrazone groups is 1. The van der Waals surface area contributed by atoms with Crippen molar-refractivity contribution in [3.63, 3.8) is 0 Å². The number of rotatable bonds is 8. The normalized spacial score (nSPS) is 10.8. The molecule has 1 amide bonds. The molecule has 2 rings (SSSR count). The van der Waals surface area contributed by atoms with Crippen LogP contribution in [0.5, 0.6) is 11.5 Å². The molecule has 0 bridgehead atoms. The number of nitrogens with zero attached hydrogens (tertiary/aromatic N) is 1. The first-order chi connectivity index (χ1) is 12.5. The highest BCUT2D eigenvalue weighted by atomic mass is 79.9. The van der Waals surface area contributed by atoms with Crippen molar-refractivity contribution >= 4 is 44.0 Å². The van der Waals surface area contributed by atoms with Gasteiger partial charge in [0.25, 0.3) is 5.91 Å². The molecular weight excluding hydrogens is 464 g/mol. The Labute approximate surface area is 170 Å². The summed E-state index contributed by atoms with van der Waals surface area (Å²) in [4.78, 5) is 11.9. The number of ether oxygens (including phenoxy) is 2. The summed E-state index contributed by atoms with van der Waals surface area (Å²) in [5.74, 6) is 0.955. The molecule has 2 aromatic carbocycles. The Kier molecular flexibility index (Phi) is 8.12. The molecule has 0 atom stereocenters. The average Bonchev–Trinajstić information content (AvgIpc) is 2.60. The number of para-hydroxylation sites is 1. The van der Waals surface area contributed by atoms with E-state index in [4.69, 9.17) is 9.47 Å².